The molecule has 0 saturated carbocycles. The van der Waals surface area contributed by atoms with Crippen LogP contribution in [0.3, 0.4) is 0 Å². The van der Waals surface area contributed by atoms with E-state index in [0.717, 1.165) is 30.8 Å². The molecule has 0 spiro atoms. The largest absolute Gasteiger partial charge is 0.496 e. The van der Waals surface area contributed by atoms with E-state index in [4.69, 9.17) is 4.74 Å². The van der Waals surface area contributed by atoms with E-state index in [1.807, 2.05) is 18.3 Å². The van der Waals surface area contributed by atoms with Crippen molar-refractivity contribution in [1.29, 1.82) is 0 Å². The number of hydrogen-bond acceptors (Lipinski definition) is 3. The lowest BCUT2D eigenvalue weighted by Crippen LogP contribution is -2.14. The van der Waals surface area contributed by atoms with E-state index in [9.17, 15) is 0 Å². The molecule has 3 nitrogen and oxygen atoms in total. The molecule has 1 aromatic carbocycles. The second-order valence-corrected chi connectivity index (χ2v) is 4.45. The van der Waals surface area contributed by atoms with Gasteiger partial charge in [-0.3, -0.25) is 4.98 Å². The molecule has 0 aliphatic heterocycles. The summed E-state index contributed by atoms with van der Waals surface area (Å²) in [6.45, 7) is 4.00. The van der Waals surface area contributed by atoms with Gasteiger partial charge in [0.2, 0.25) is 0 Å². The van der Waals surface area contributed by atoms with E-state index in [1.54, 1.807) is 13.3 Å². The summed E-state index contributed by atoms with van der Waals surface area (Å²) in [5, 5.41) is 3.41. The Kier molecular flexibility index (Phi) is 4.93. The molecule has 1 N–H and O–H groups in total. The molecule has 0 fully saturated rings. The lowest BCUT2D eigenvalue weighted by atomic mass is 10.0. The molecule has 3 heteroatoms. The first-order valence-corrected chi connectivity index (χ1v) is 6.63. The molecule has 1 heterocycles. The van der Waals surface area contributed by atoms with Crippen molar-refractivity contribution in [3.63, 3.8) is 0 Å². The fourth-order valence-corrected chi connectivity index (χ4v) is 2.03. The molecule has 0 unspecified atom stereocenters. The highest BCUT2D eigenvalue weighted by Crippen LogP contribution is 2.26. The summed E-state index contributed by atoms with van der Waals surface area (Å²) in [7, 11) is 1.71. The number of pyridine rings is 1. The topological polar surface area (TPSA) is 34.2 Å². The first-order chi connectivity index (χ1) is 9.35. The zero-order chi connectivity index (χ0) is 13.5. The SMILES string of the molecule is CCCNCc1cc(-c2cccnc2)ccc1OC. The van der Waals surface area contributed by atoms with Crippen molar-refractivity contribution in [2.24, 2.45) is 0 Å². The van der Waals surface area contributed by atoms with Crippen LogP contribution in [0.5, 0.6) is 5.75 Å². The monoisotopic (exact) mass is 256 g/mol. The van der Waals surface area contributed by atoms with Crippen LogP contribution < -0.4 is 10.1 Å². The minimum Gasteiger partial charge on any atom is -0.496 e. The summed E-state index contributed by atoms with van der Waals surface area (Å²) in [4.78, 5) is 4.16. The molecule has 2 rings (SSSR count). The second kappa shape index (κ2) is 6.90. The smallest absolute Gasteiger partial charge is 0.123 e. The van der Waals surface area contributed by atoms with Crippen LogP contribution in [0.25, 0.3) is 11.1 Å². The Morgan fingerprint density at radius 1 is 1.21 bits per heavy atom. The average Bonchev–Trinajstić information content (AvgIpc) is 2.48. The third kappa shape index (κ3) is 3.55. The second-order valence-electron chi connectivity index (χ2n) is 4.45. The summed E-state index contributed by atoms with van der Waals surface area (Å²) in [5.74, 6) is 0.927. The number of hydrogen-bond donors (Lipinski definition) is 1. The summed E-state index contributed by atoms with van der Waals surface area (Å²) in [6.07, 6.45) is 4.80. The zero-order valence-corrected chi connectivity index (χ0v) is 11.5. The molecule has 0 aliphatic rings. The summed E-state index contributed by atoms with van der Waals surface area (Å²) in [6, 6.07) is 10.3. The third-order valence-electron chi connectivity index (χ3n) is 3.02. The fourth-order valence-electron chi connectivity index (χ4n) is 2.03. The molecule has 1 aromatic heterocycles. The van der Waals surface area contributed by atoms with Gasteiger partial charge in [0.05, 0.1) is 7.11 Å². The number of nitrogens with zero attached hydrogens (tertiary/aromatic N) is 1. The van der Waals surface area contributed by atoms with Crippen LogP contribution in [0.4, 0.5) is 0 Å². The Morgan fingerprint density at radius 2 is 2.11 bits per heavy atom. The number of benzene rings is 1. The van der Waals surface area contributed by atoms with E-state index in [1.165, 1.54) is 11.1 Å². The van der Waals surface area contributed by atoms with Gasteiger partial charge in [0, 0.05) is 30.1 Å². The molecule has 0 atom stereocenters. The molecule has 0 amide bonds. The highest BCUT2D eigenvalue weighted by Gasteiger charge is 2.05. The van der Waals surface area contributed by atoms with Gasteiger partial charge in [-0.05, 0) is 36.7 Å². The summed E-state index contributed by atoms with van der Waals surface area (Å²) in [5.41, 5.74) is 3.47. The molecule has 0 saturated heterocycles. The molecule has 0 bridgehead atoms. The van der Waals surface area contributed by atoms with Crippen molar-refractivity contribution in [3.8, 4) is 16.9 Å². The van der Waals surface area contributed by atoms with Gasteiger partial charge in [-0.15, -0.1) is 0 Å². The number of nitrogens with one attached hydrogen (secondary N) is 1. The Labute approximate surface area is 114 Å². The standard InChI is InChI=1S/C16H20N2O/c1-3-8-17-12-15-10-13(6-7-16(15)19-2)14-5-4-9-18-11-14/h4-7,9-11,17H,3,8,12H2,1-2H3. The van der Waals surface area contributed by atoms with E-state index in [2.05, 4.69) is 35.4 Å². The Balaban J connectivity index is 2.25. The van der Waals surface area contributed by atoms with Gasteiger partial charge in [0.1, 0.15) is 5.75 Å². The van der Waals surface area contributed by atoms with Crippen LogP contribution in [0, 0.1) is 0 Å². The molecule has 0 aliphatic carbocycles. The Bertz CT molecular complexity index is 511. The maximum Gasteiger partial charge on any atom is 0.123 e. The highest BCUT2D eigenvalue weighted by atomic mass is 16.5. The van der Waals surface area contributed by atoms with E-state index < -0.39 is 0 Å². The van der Waals surface area contributed by atoms with Crippen molar-refractivity contribution >= 4 is 0 Å². The van der Waals surface area contributed by atoms with Crippen LogP contribution in [0.15, 0.2) is 42.7 Å². The van der Waals surface area contributed by atoms with E-state index in [0.29, 0.717) is 0 Å². The van der Waals surface area contributed by atoms with Gasteiger partial charge >= 0.3 is 0 Å². The van der Waals surface area contributed by atoms with Crippen LogP contribution in [0.2, 0.25) is 0 Å². The van der Waals surface area contributed by atoms with Crippen molar-refractivity contribution in [3.05, 3.63) is 48.3 Å². The molecule has 2 aromatic rings. The number of ether oxygens (including phenoxy) is 1. The Morgan fingerprint density at radius 3 is 2.79 bits per heavy atom. The van der Waals surface area contributed by atoms with Crippen molar-refractivity contribution in [2.45, 2.75) is 19.9 Å². The molecule has 100 valence electrons. The minimum absolute atomic E-state index is 0.825. The molecular formula is C16H20N2O. The van der Waals surface area contributed by atoms with Crippen molar-refractivity contribution < 1.29 is 4.74 Å². The maximum absolute atomic E-state index is 5.41. The van der Waals surface area contributed by atoms with Crippen LogP contribution >= 0.6 is 0 Å². The number of rotatable bonds is 6. The van der Waals surface area contributed by atoms with Gasteiger partial charge in [-0.1, -0.05) is 19.1 Å². The van der Waals surface area contributed by atoms with Crippen LogP contribution in [-0.2, 0) is 6.54 Å². The van der Waals surface area contributed by atoms with Gasteiger partial charge in [0.15, 0.2) is 0 Å². The quantitative estimate of drug-likeness (QED) is 0.806. The molecular weight excluding hydrogens is 236 g/mol. The summed E-state index contributed by atoms with van der Waals surface area (Å²) >= 11 is 0. The van der Waals surface area contributed by atoms with E-state index >= 15 is 0 Å². The van der Waals surface area contributed by atoms with Gasteiger partial charge in [-0.25, -0.2) is 0 Å². The van der Waals surface area contributed by atoms with Crippen molar-refractivity contribution in [2.75, 3.05) is 13.7 Å². The van der Waals surface area contributed by atoms with E-state index in [-0.39, 0.29) is 0 Å². The lowest BCUT2D eigenvalue weighted by molar-refractivity contribution is 0.408. The molecule has 0 radical (unpaired) electrons. The predicted octanol–water partition coefficient (Wildman–Crippen LogP) is 3.26. The van der Waals surface area contributed by atoms with Crippen molar-refractivity contribution in [1.82, 2.24) is 10.3 Å². The maximum atomic E-state index is 5.41. The first kappa shape index (κ1) is 13.6. The first-order valence-electron chi connectivity index (χ1n) is 6.63. The summed E-state index contributed by atoms with van der Waals surface area (Å²) < 4.78 is 5.41. The van der Waals surface area contributed by atoms with Gasteiger partial charge in [-0.2, -0.15) is 0 Å². The normalized spacial score (nSPS) is 10.4. The predicted molar refractivity (Wildman–Crippen MR) is 78.2 cm³/mol. The molecule has 19 heavy (non-hydrogen) atoms. The number of aromatic nitrogens is 1. The van der Waals surface area contributed by atoms with Gasteiger partial charge in [0.25, 0.3) is 0 Å². The van der Waals surface area contributed by atoms with Gasteiger partial charge < -0.3 is 10.1 Å². The highest BCUT2D eigenvalue weighted by molar-refractivity contribution is 5.64. The number of methoxy groups -OCH3 is 1. The third-order valence-corrected chi connectivity index (χ3v) is 3.02. The average molecular weight is 256 g/mol. The Hall–Kier alpha value is -1.87. The lowest BCUT2D eigenvalue weighted by Gasteiger charge is -2.11. The van der Waals surface area contributed by atoms with Crippen LogP contribution in [-0.4, -0.2) is 18.6 Å². The van der Waals surface area contributed by atoms with Crippen LogP contribution in [0.1, 0.15) is 18.9 Å². The zero-order valence-electron chi connectivity index (χ0n) is 11.5. The fraction of sp³-hybridized carbons (Fsp3) is 0.312. The minimum atomic E-state index is 0.825.